The molecule has 0 spiro atoms. The fourth-order valence-electron chi connectivity index (χ4n) is 0.702. The van der Waals surface area contributed by atoms with Crippen LogP contribution in [0.4, 0.5) is 0 Å². The average Bonchev–Trinajstić information content (AvgIpc) is 2.03. The molecule has 0 aromatic rings. The van der Waals surface area contributed by atoms with E-state index in [1.54, 1.807) is 7.11 Å². The molecule has 0 N–H and O–H groups in total. The van der Waals surface area contributed by atoms with Gasteiger partial charge in [-0.05, 0) is 19.4 Å². The van der Waals surface area contributed by atoms with Gasteiger partial charge in [0.05, 0.1) is 6.61 Å². The van der Waals surface area contributed by atoms with Crippen molar-refractivity contribution in [3.63, 3.8) is 0 Å². The summed E-state index contributed by atoms with van der Waals surface area (Å²) in [7, 11) is 1.68. The van der Waals surface area contributed by atoms with Crippen LogP contribution in [0.15, 0.2) is 36.0 Å². The predicted octanol–water partition coefficient (Wildman–Crippen LogP) is 2.71. The molecule has 0 saturated heterocycles. The van der Waals surface area contributed by atoms with Crippen LogP contribution in [0.2, 0.25) is 0 Å². The second kappa shape index (κ2) is 5.93. The van der Waals surface area contributed by atoms with Crippen LogP contribution in [-0.2, 0) is 4.74 Å². The minimum atomic E-state index is 0.634. The Morgan fingerprint density at radius 3 is 2.55 bits per heavy atom. The van der Waals surface area contributed by atoms with Crippen molar-refractivity contribution in [3.05, 3.63) is 36.0 Å². The Balaban J connectivity index is 4.22. The van der Waals surface area contributed by atoms with Gasteiger partial charge in [-0.1, -0.05) is 30.4 Å². The number of allylic oxidation sites excluding steroid dienone is 3. The van der Waals surface area contributed by atoms with Gasteiger partial charge in [-0.25, -0.2) is 0 Å². The SMILES string of the molecule is C=C/C(=C\C(C)=C/C)COC. The summed E-state index contributed by atoms with van der Waals surface area (Å²) in [6.07, 6.45) is 5.94. The van der Waals surface area contributed by atoms with Crippen molar-refractivity contribution in [2.75, 3.05) is 13.7 Å². The molecule has 0 aromatic heterocycles. The highest BCUT2D eigenvalue weighted by molar-refractivity contribution is 5.27. The van der Waals surface area contributed by atoms with E-state index in [9.17, 15) is 0 Å². The normalized spacial score (nSPS) is 13.4. The number of rotatable bonds is 4. The molecule has 0 aliphatic heterocycles. The quantitative estimate of drug-likeness (QED) is 0.563. The van der Waals surface area contributed by atoms with Gasteiger partial charge in [0.25, 0.3) is 0 Å². The Hall–Kier alpha value is -0.820. The molecule has 0 atom stereocenters. The van der Waals surface area contributed by atoms with Crippen LogP contribution < -0.4 is 0 Å². The van der Waals surface area contributed by atoms with Crippen molar-refractivity contribution < 1.29 is 4.74 Å². The van der Waals surface area contributed by atoms with E-state index in [0.717, 1.165) is 5.57 Å². The molecular weight excluding hydrogens is 136 g/mol. The Morgan fingerprint density at radius 2 is 2.18 bits per heavy atom. The van der Waals surface area contributed by atoms with E-state index in [-0.39, 0.29) is 0 Å². The van der Waals surface area contributed by atoms with Gasteiger partial charge in [-0.2, -0.15) is 0 Å². The fraction of sp³-hybridized carbons (Fsp3) is 0.400. The molecule has 62 valence electrons. The lowest BCUT2D eigenvalue weighted by Gasteiger charge is -1.99. The maximum Gasteiger partial charge on any atom is 0.0712 e. The van der Waals surface area contributed by atoms with Gasteiger partial charge in [0.15, 0.2) is 0 Å². The van der Waals surface area contributed by atoms with Crippen LogP contribution >= 0.6 is 0 Å². The topological polar surface area (TPSA) is 9.23 Å². The van der Waals surface area contributed by atoms with Crippen molar-refractivity contribution in [1.29, 1.82) is 0 Å². The highest BCUT2D eigenvalue weighted by atomic mass is 16.5. The lowest BCUT2D eigenvalue weighted by molar-refractivity contribution is 0.228. The smallest absolute Gasteiger partial charge is 0.0712 e. The van der Waals surface area contributed by atoms with Gasteiger partial charge in [0, 0.05) is 7.11 Å². The van der Waals surface area contributed by atoms with Crippen molar-refractivity contribution in [1.82, 2.24) is 0 Å². The molecule has 0 saturated carbocycles. The fourth-order valence-corrected chi connectivity index (χ4v) is 0.702. The van der Waals surface area contributed by atoms with Crippen molar-refractivity contribution >= 4 is 0 Å². The first-order chi connectivity index (χ1) is 5.24. The van der Waals surface area contributed by atoms with Gasteiger partial charge < -0.3 is 4.74 Å². The molecule has 0 aromatic carbocycles. The lowest BCUT2D eigenvalue weighted by Crippen LogP contribution is -1.90. The zero-order valence-electron chi connectivity index (χ0n) is 7.55. The maximum absolute atomic E-state index is 4.97. The van der Waals surface area contributed by atoms with E-state index >= 15 is 0 Å². The molecule has 0 aliphatic carbocycles. The molecule has 1 heteroatoms. The first kappa shape index (κ1) is 10.2. The standard InChI is InChI=1S/C10H16O/c1-5-9(3)7-10(6-2)8-11-4/h5-7H,2,8H2,1,3-4H3/b9-5-,10-7+. The van der Waals surface area contributed by atoms with Crippen LogP contribution in [0, 0.1) is 0 Å². The van der Waals surface area contributed by atoms with Gasteiger partial charge in [-0.15, -0.1) is 0 Å². The third kappa shape index (κ3) is 4.57. The van der Waals surface area contributed by atoms with Gasteiger partial charge in [0.2, 0.25) is 0 Å². The zero-order valence-corrected chi connectivity index (χ0v) is 7.55. The summed E-state index contributed by atoms with van der Waals surface area (Å²) in [5.74, 6) is 0. The number of ether oxygens (including phenoxy) is 1. The maximum atomic E-state index is 4.97. The van der Waals surface area contributed by atoms with Crippen LogP contribution in [-0.4, -0.2) is 13.7 Å². The predicted molar refractivity (Wildman–Crippen MR) is 49.6 cm³/mol. The first-order valence-corrected chi connectivity index (χ1v) is 3.69. The van der Waals surface area contributed by atoms with E-state index in [4.69, 9.17) is 4.74 Å². The molecule has 11 heavy (non-hydrogen) atoms. The minimum Gasteiger partial charge on any atom is -0.380 e. The summed E-state index contributed by atoms with van der Waals surface area (Å²) in [5, 5.41) is 0. The molecule has 1 nitrogen and oxygen atoms in total. The second-order valence-electron chi connectivity index (χ2n) is 2.39. The molecule has 0 amide bonds. The molecule has 0 unspecified atom stereocenters. The molecule has 0 fully saturated rings. The van der Waals surface area contributed by atoms with E-state index < -0.39 is 0 Å². The monoisotopic (exact) mass is 152 g/mol. The van der Waals surface area contributed by atoms with Crippen molar-refractivity contribution in [2.45, 2.75) is 13.8 Å². The Kier molecular flexibility index (Phi) is 5.49. The zero-order chi connectivity index (χ0) is 8.69. The molecule has 0 bridgehead atoms. The first-order valence-electron chi connectivity index (χ1n) is 3.69. The summed E-state index contributed by atoms with van der Waals surface area (Å²) in [6.45, 7) is 8.39. The Bertz CT molecular complexity index is 175. The molecule has 0 aliphatic rings. The molecule has 0 heterocycles. The second-order valence-corrected chi connectivity index (χ2v) is 2.39. The number of hydrogen-bond donors (Lipinski definition) is 0. The van der Waals surface area contributed by atoms with E-state index in [1.165, 1.54) is 5.57 Å². The Labute approximate surface area is 69.1 Å². The van der Waals surface area contributed by atoms with E-state index in [0.29, 0.717) is 6.61 Å². The van der Waals surface area contributed by atoms with Crippen molar-refractivity contribution in [3.8, 4) is 0 Å². The highest BCUT2D eigenvalue weighted by Crippen LogP contribution is 2.02. The van der Waals surface area contributed by atoms with E-state index in [1.807, 2.05) is 13.0 Å². The van der Waals surface area contributed by atoms with Crippen LogP contribution in [0.1, 0.15) is 13.8 Å². The molecular formula is C10H16O. The van der Waals surface area contributed by atoms with Crippen LogP contribution in [0.25, 0.3) is 0 Å². The van der Waals surface area contributed by atoms with Crippen molar-refractivity contribution in [2.24, 2.45) is 0 Å². The molecule has 0 rings (SSSR count). The third-order valence-electron chi connectivity index (χ3n) is 1.44. The lowest BCUT2D eigenvalue weighted by atomic mass is 10.2. The highest BCUT2D eigenvalue weighted by Gasteiger charge is 1.89. The number of methoxy groups -OCH3 is 1. The summed E-state index contributed by atoms with van der Waals surface area (Å²) >= 11 is 0. The minimum absolute atomic E-state index is 0.634. The largest absolute Gasteiger partial charge is 0.380 e. The van der Waals surface area contributed by atoms with Gasteiger partial charge in [-0.3, -0.25) is 0 Å². The van der Waals surface area contributed by atoms with Gasteiger partial charge in [0.1, 0.15) is 0 Å². The molecule has 0 radical (unpaired) electrons. The third-order valence-corrected chi connectivity index (χ3v) is 1.44. The number of hydrogen-bond acceptors (Lipinski definition) is 1. The summed E-state index contributed by atoms with van der Waals surface area (Å²) in [6, 6.07) is 0. The summed E-state index contributed by atoms with van der Waals surface area (Å²) in [4.78, 5) is 0. The summed E-state index contributed by atoms with van der Waals surface area (Å²) < 4.78 is 4.97. The van der Waals surface area contributed by atoms with Crippen LogP contribution in [0.3, 0.4) is 0 Å². The van der Waals surface area contributed by atoms with Gasteiger partial charge >= 0.3 is 0 Å². The van der Waals surface area contributed by atoms with E-state index in [2.05, 4.69) is 25.7 Å². The summed E-state index contributed by atoms with van der Waals surface area (Å²) in [5.41, 5.74) is 2.35. The Morgan fingerprint density at radius 1 is 1.55 bits per heavy atom. The average molecular weight is 152 g/mol. The van der Waals surface area contributed by atoms with Crippen LogP contribution in [0.5, 0.6) is 0 Å².